The predicted molar refractivity (Wildman–Crippen MR) is 169 cm³/mol. The van der Waals surface area contributed by atoms with Crippen LogP contribution in [0.4, 0.5) is 13.2 Å². The number of rotatable bonds is 9. The van der Waals surface area contributed by atoms with Crippen molar-refractivity contribution in [3.05, 3.63) is 53.6 Å². The standard InChI is InChI=1S/C34H40F3N7O2/c1-3-25(38)33(45)42-15-20(37)10-21(42)13-24-22-7-5-18(35)11-27(22)40-31(24)32-41-28-12-19(36)6-8-29(28)43(32)16-30-23-9-17(23)14-44(30)34(46)26(39)4-2/h5-8,11-12,17,20-21,23,25-26,30,40H,3-4,9-10,13-16,38-39H2,1-2H3/t17-,20-,21-,23-,25-,26-,30+/m0/s1. The number of imidazole rings is 1. The molecule has 1 saturated carbocycles. The van der Waals surface area contributed by atoms with E-state index >= 15 is 0 Å². The highest BCUT2D eigenvalue weighted by Crippen LogP contribution is 2.50. The van der Waals surface area contributed by atoms with E-state index < -0.39 is 35.9 Å². The summed E-state index contributed by atoms with van der Waals surface area (Å²) in [7, 11) is 0. The van der Waals surface area contributed by atoms with Crippen molar-refractivity contribution < 1.29 is 22.8 Å². The predicted octanol–water partition coefficient (Wildman–Crippen LogP) is 4.27. The van der Waals surface area contributed by atoms with Gasteiger partial charge in [0.15, 0.2) is 5.82 Å². The van der Waals surface area contributed by atoms with Crippen molar-refractivity contribution in [3.63, 3.8) is 0 Å². The van der Waals surface area contributed by atoms with Crippen LogP contribution in [0, 0.1) is 23.5 Å². The molecule has 9 nitrogen and oxygen atoms in total. The van der Waals surface area contributed by atoms with Gasteiger partial charge in [-0.05, 0) is 73.4 Å². The van der Waals surface area contributed by atoms with E-state index in [9.17, 15) is 22.8 Å². The van der Waals surface area contributed by atoms with Gasteiger partial charge >= 0.3 is 0 Å². The van der Waals surface area contributed by atoms with E-state index in [2.05, 4.69) is 4.98 Å². The molecule has 5 N–H and O–H groups in total. The number of fused-ring (bicyclic) bond motifs is 3. The number of aromatic nitrogens is 3. The first kappa shape index (κ1) is 30.7. The zero-order chi connectivity index (χ0) is 32.4. The number of benzene rings is 2. The summed E-state index contributed by atoms with van der Waals surface area (Å²) in [6, 6.07) is 6.99. The maximum atomic E-state index is 14.9. The molecule has 0 bridgehead atoms. The number of nitrogens with two attached hydrogens (primary N) is 2. The summed E-state index contributed by atoms with van der Waals surface area (Å²) in [6.45, 7) is 4.75. The van der Waals surface area contributed by atoms with E-state index in [0.29, 0.717) is 65.8 Å². The van der Waals surface area contributed by atoms with Gasteiger partial charge in [-0.15, -0.1) is 0 Å². The molecule has 4 aromatic rings. The number of hydrogen-bond acceptors (Lipinski definition) is 5. The highest BCUT2D eigenvalue weighted by molar-refractivity contribution is 5.92. The monoisotopic (exact) mass is 635 g/mol. The van der Waals surface area contributed by atoms with Gasteiger partial charge in [0.05, 0.1) is 41.4 Å². The molecule has 7 rings (SSSR count). The average molecular weight is 636 g/mol. The number of halogens is 3. The summed E-state index contributed by atoms with van der Waals surface area (Å²) in [5, 5.41) is 0.726. The van der Waals surface area contributed by atoms with Crippen molar-refractivity contribution in [1.29, 1.82) is 0 Å². The van der Waals surface area contributed by atoms with Crippen LogP contribution >= 0.6 is 0 Å². The molecule has 3 aliphatic rings. The van der Waals surface area contributed by atoms with Crippen LogP contribution in [-0.2, 0) is 22.6 Å². The van der Waals surface area contributed by atoms with Crippen LogP contribution in [0.2, 0.25) is 0 Å². The van der Waals surface area contributed by atoms with Crippen LogP contribution in [-0.4, -0.2) is 79.6 Å². The van der Waals surface area contributed by atoms with Crippen molar-refractivity contribution in [1.82, 2.24) is 24.3 Å². The number of likely N-dealkylation sites (tertiary alicyclic amines) is 2. The minimum absolute atomic E-state index is 0.0324. The number of aromatic amines is 1. The highest BCUT2D eigenvalue weighted by atomic mass is 19.1. The molecule has 7 atom stereocenters. The number of nitrogens with zero attached hydrogens (tertiary/aromatic N) is 4. The van der Waals surface area contributed by atoms with Crippen LogP contribution < -0.4 is 11.5 Å². The molecule has 0 radical (unpaired) electrons. The lowest BCUT2D eigenvalue weighted by atomic mass is 9.99. The number of carbonyl (C=O) groups excluding carboxylic acids is 2. The fraction of sp³-hybridized carbons (Fsp3) is 0.500. The molecule has 2 aromatic carbocycles. The summed E-state index contributed by atoms with van der Waals surface area (Å²) in [4.78, 5) is 38.2. The van der Waals surface area contributed by atoms with E-state index in [1.807, 2.05) is 23.3 Å². The number of alkyl halides is 1. The molecule has 0 unspecified atom stereocenters. The van der Waals surface area contributed by atoms with Gasteiger partial charge in [-0.2, -0.15) is 0 Å². The molecule has 46 heavy (non-hydrogen) atoms. The number of piperidine rings is 1. The second kappa shape index (κ2) is 11.7. The van der Waals surface area contributed by atoms with E-state index in [0.717, 1.165) is 17.4 Å². The quantitative estimate of drug-likeness (QED) is 0.253. The van der Waals surface area contributed by atoms with Gasteiger partial charge in [-0.3, -0.25) is 9.59 Å². The Balaban J connectivity index is 1.35. The van der Waals surface area contributed by atoms with E-state index in [1.165, 1.54) is 29.2 Å². The van der Waals surface area contributed by atoms with E-state index in [4.69, 9.17) is 16.5 Å². The lowest BCUT2D eigenvalue weighted by Crippen LogP contribution is -2.48. The maximum Gasteiger partial charge on any atom is 0.239 e. The lowest BCUT2D eigenvalue weighted by molar-refractivity contribution is -0.135. The molecule has 2 aliphatic heterocycles. The number of amides is 2. The van der Waals surface area contributed by atoms with Crippen molar-refractivity contribution in [2.24, 2.45) is 23.3 Å². The molecule has 3 fully saturated rings. The van der Waals surface area contributed by atoms with Gasteiger partial charge in [0.25, 0.3) is 0 Å². The molecule has 2 saturated heterocycles. The minimum atomic E-state index is -1.19. The summed E-state index contributed by atoms with van der Waals surface area (Å²) in [6.07, 6.45) is 1.24. The van der Waals surface area contributed by atoms with Gasteiger partial charge in [-0.25, -0.2) is 18.2 Å². The fourth-order valence-electron chi connectivity index (χ4n) is 7.69. The third-order valence-corrected chi connectivity index (χ3v) is 10.4. The van der Waals surface area contributed by atoms with Gasteiger partial charge < -0.3 is 30.8 Å². The summed E-state index contributed by atoms with van der Waals surface area (Å²) >= 11 is 0. The largest absolute Gasteiger partial charge is 0.352 e. The molecule has 4 heterocycles. The maximum absolute atomic E-state index is 14.9. The Hall–Kier alpha value is -3.90. The first-order valence-electron chi connectivity index (χ1n) is 16.3. The second-order valence-electron chi connectivity index (χ2n) is 13.3. The van der Waals surface area contributed by atoms with Gasteiger partial charge in [0.2, 0.25) is 11.8 Å². The number of nitrogens with one attached hydrogen (secondary N) is 1. The Morgan fingerprint density at radius 1 is 0.978 bits per heavy atom. The molecule has 2 aromatic heterocycles. The lowest BCUT2D eigenvalue weighted by Gasteiger charge is -2.30. The summed E-state index contributed by atoms with van der Waals surface area (Å²) < 4.78 is 45.9. The first-order valence-corrected chi connectivity index (χ1v) is 16.3. The zero-order valence-corrected chi connectivity index (χ0v) is 26.1. The Bertz CT molecular complexity index is 1820. The smallest absolute Gasteiger partial charge is 0.239 e. The van der Waals surface area contributed by atoms with E-state index in [1.54, 1.807) is 12.1 Å². The third-order valence-electron chi connectivity index (χ3n) is 10.4. The fourth-order valence-corrected chi connectivity index (χ4v) is 7.69. The molecule has 0 spiro atoms. The van der Waals surface area contributed by atoms with Gasteiger partial charge in [-0.1, -0.05) is 13.8 Å². The Labute approximate surface area is 265 Å². The minimum Gasteiger partial charge on any atom is -0.352 e. The zero-order valence-electron chi connectivity index (χ0n) is 26.1. The number of H-pyrrole nitrogens is 1. The number of hydrogen-bond donors (Lipinski definition) is 3. The van der Waals surface area contributed by atoms with Crippen LogP contribution in [0.15, 0.2) is 36.4 Å². The van der Waals surface area contributed by atoms with Crippen molar-refractivity contribution in [2.75, 3.05) is 13.1 Å². The molecule has 244 valence electrons. The van der Waals surface area contributed by atoms with Crippen molar-refractivity contribution in [3.8, 4) is 11.5 Å². The molecule has 2 amide bonds. The van der Waals surface area contributed by atoms with Gasteiger partial charge in [0.1, 0.15) is 17.8 Å². The molecule has 12 heteroatoms. The van der Waals surface area contributed by atoms with Crippen LogP contribution in [0.5, 0.6) is 0 Å². The molecular weight excluding hydrogens is 595 g/mol. The highest BCUT2D eigenvalue weighted by Gasteiger charge is 2.54. The summed E-state index contributed by atoms with van der Waals surface area (Å²) in [5.74, 6) is 0.0320. The van der Waals surface area contributed by atoms with Crippen molar-refractivity contribution >= 4 is 33.8 Å². The van der Waals surface area contributed by atoms with Crippen LogP contribution in [0.25, 0.3) is 33.5 Å². The first-order chi connectivity index (χ1) is 22.1. The normalized spacial score (nSPS) is 25.4. The van der Waals surface area contributed by atoms with Crippen molar-refractivity contribution in [2.45, 2.75) is 82.8 Å². The average Bonchev–Trinajstić information content (AvgIpc) is 3.28. The topological polar surface area (TPSA) is 126 Å². The Morgan fingerprint density at radius 2 is 1.67 bits per heavy atom. The Kier molecular flexibility index (Phi) is 7.83. The SMILES string of the molecule is CC[C@H](N)C(=O)N1C[C@@H](F)C[C@H]1Cc1c(-c2nc3cc(F)ccc3n2C[C@@H]2[C@H]3C[C@H]3CN2C(=O)[C@@H](N)CC)[nH]c2cc(F)ccc12. The Morgan fingerprint density at radius 3 is 2.41 bits per heavy atom. The molecular formula is C34H40F3N7O2. The second-order valence-corrected chi connectivity index (χ2v) is 13.3. The van der Waals surface area contributed by atoms with Crippen LogP contribution in [0.3, 0.4) is 0 Å². The summed E-state index contributed by atoms with van der Waals surface area (Å²) in [5.41, 5.74) is 15.3. The van der Waals surface area contributed by atoms with E-state index in [-0.39, 0.29) is 37.2 Å². The third kappa shape index (κ3) is 5.25. The molecule has 1 aliphatic carbocycles. The van der Waals surface area contributed by atoms with Crippen LogP contribution in [0.1, 0.15) is 45.1 Å². The van der Waals surface area contributed by atoms with Gasteiger partial charge in [0, 0.05) is 42.5 Å². The number of carbonyl (C=O) groups is 2.